The maximum absolute atomic E-state index is 13.3. The third-order valence-electron chi connectivity index (χ3n) is 7.86. The van der Waals surface area contributed by atoms with Gasteiger partial charge < -0.3 is 10.2 Å². The van der Waals surface area contributed by atoms with Crippen molar-refractivity contribution < 1.29 is 4.79 Å². The van der Waals surface area contributed by atoms with Crippen molar-refractivity contribution >= 4 is 39.1 Å². The van der Waals surface area contributed by atoms with Crippen LogP contribution in [0.5, 0.6) is 0 Å². The number of aryl methyl sites for hydroxylation is 1. The Labute approximate surface area is 203 Å². The lowest BCUT2D eigenvalue weighted by Crippen LogP contribution is -2.39. The van der Waals surface area contributed by atoms with E-state index in [-0.39, 0.29) is 5.91 Å². The molecule has 1 saturated carbocycles. The molecule has 3 fully saturated rings. The minimum atomic E-state index is 0.0741. The van der Waals surface area contributed by atoms with Crippen LogP contribution in [-0.2, 0) is 0 Å². The summed E-state index contributed by atoms with van der Waals surface area (Å²) in [6, 6.07) is 9.50. The molecule has 3 aliphatic rings. The summed E-state index contributed by atoms with van der Waals surface area (Å²) in [5.41, 5.74) is 2.94. The second-order valence-electron chi connectivity index (χ2n) is 10.0. The van der Waals surface area contributed by atoms with Crippen LogP contribution >= 0.6 is 22.9 Å². The van der Waals surface area contributed by atoms with Crippen LogP contribution in [0.25, 0.3) is 10.2 Å². The Kier molecular flexibility index (Phi) is 5.43. The molecule has 1 N–H and O–H groups in total. The van der Waals surface area contributed by atoms with Crippen molar-refractivity contribution in [2.24, 2.45) is 0 Å². The Morgan fingerprint density at radius 1 is 1.09 bits per heavy atom. The number of amides is 1. The molecule has 1 amide bonds. The number of thiophene rings is 1. The SMILES string of the molecule is Cc1nc([C@@H]2C[C@H]2c2ccc(C(=O)N(C)[C@@H]3CC[C@H]4CC[C@@H](C3)N4)cc2Cl)c2ccsc2n1. The summed E-state index contributed by atoms with van der Waals surface area (Å²) in [7, 11) is 1.95. The number of benzene rings is 1. The van der Waals surface area contributed by atoms with Crippen molar-refractivity contribution in [3.63, 3.8) is 0 Å². The highest BCUT2D eigenvalue weighted by atomic mass is 35.5. The van der Waals surface area contributed by atoms with Crippen molar-refractivity contribution in [2.75, 3.05) is 7.05 Å². The smallest absolute Gasteiger partial charge is 0.253 e. The van der Waals surface area contributed by atoms with Gasteiger partial charge in [0.25, 0.3) is 5.91 Å². The maximum atomic E-state index is 13.3. The predicted octanol–water partition coefficient (Wildman–Crippen LogP) is 5.67. The molecule has 3 aromatic rings. The van der Waals surface area contributed by atoms with Crippen LogP contribution in [0.1, 0.15) is 77.8 Å². The topological polar surface area (TPSA) is 58.1 Å². The summed E-state index contributed by atoms with van der Waals surface area (Å²) >= 11 is 8.41. The van der Waals surface area contributed by atoms with Gasteiger partial charge >= 0.3 is 0 Å². The summed E-state index contributed by atoms with van der Waals surface area (Å²) in [5.74, 6) is 1.60. The van der Waals surface area contributed by atoms with Crippen molar-refractivity contribution in [3.05, 3.63) is 57.3 Å². The van der Waals surface area contributed by atoms with E-state index < -0.39 is 0 Å². The molecule has 1 aliphatic carbocycles. The summed E-state index contributed by atoms with van der Waals surface area (Å²) in [4.78, 5) is 25.6. The van der Waals surface area contributed by atoms with Crippen molar-refractivity contribution in [2.45, 2.75) is 75.4 Å². The number of carbonyl (C=O) groups excluding carboxylic acids is 1. The lowest BCUT2D eigenvalue weighted by atomic mass is 9.95. The first-order valence-electron chi connectivity index (χ1n) is 12.0. The van der Waals surface area contributed by atoms with E-state index in [1.807, 2.05) is 31.0 Å². The zero-order chi connectivity index (χ0) is 22.7. The van der Waals surface area contributed by atoms with Gasteiger partial charge in [0.1, 0.15) is 10.7 Å². The third kappa shape index (κ3) is 3.96. The average Bonchev–Trinajstić information content (AvgIpc) is 3.29. The third-order valence-corrected chi connectivity index (χ3v) is 9.00. The Morgan fingerprint density at radius 2 is 1.91 bits per heavy atom. The van der Waals surface area contributed by atoms with Gasteiger partial charge in [0.15, 0.2) is 0 Å². The highest BCUT2D eigenvalue weighted by Gasteiger charge is 2.43. The quantitative estimate of drug-likeness (QED) is 0.522. The molecular formula is C26H29ClN4OS. The van der Waals surface area contributed by atoms with Crippen molar-refractivity contribution in [1.29, 1.82) is 0 Å². The van der Waals surface area contributed by atoms with Crippen LogP contribution < -0.4 is 5.32 Å². The standard InChI is InChI=1S/C26H29ClN4OS/c1-14-28-24(20-9-10-33-25(20)29-14)22-13-21(22)19-8-3-15(11-23(19)27)26(32)31(2)18-7-6-16-4-5-17(12-18)30-16/h3,8-11,16-18,21-22,30H,4-7,12-13H2,1-2H3/t16-,17+,18-,21+,22-/m1/s1. The largest absolute Gasteiger partial charge is 0.339 e. The number of hydrogen-bond donors (Lipinski definition) is 1. The highest BCUT2D eigenvalue weighted by molar-refractivity contribution is 7.16. The molecular weight excluding hydrogens is 452 g/mol. The summed E-state index contributed by atoms with van der Waals surface area (Å²) in [6.45, 7) is 1.96. The van der Waals surface area contributed by atoms with Gasteiger partial charge in [-0.25, -0.2) is 9.97 Å². The van der Waals surface area contributed by atoms with E-state index in [1.54, 1.807) is 11.3 Å². The number of carbonyl (C=O) groups is 1. The molecule has 5 atom stereocenters. The van der Waals surface area contributed by atoms with E-state index in [0.717, 1.165) is 53.0 Å². The summed E-state index contributed by atoms with van der Waals surface area (Å²) < 4.78 is 0. The second kappa shape index (κ2) is 8.33. The highest BCUT2D eigenvalue weighted by Crippen LogP contribution is 2.57. The molecule has 7 heteroatoms. The fraction of sp³-hybridized carbons (Fsp3) is 0.500. The number of rotatable bonds is 4. The van der Waals surface area contributed by atoms with Crippen LogP contribution in [-0.4, -0.2) is 45.9 Å². The molecule has 0 unspecified atom stereocenters. The van der Waals surface area contributed by atoms with E-state index >= 15 is 0 Å². The van der Waals surface area contributed by atoms with Gasteiger partial charge in [-0.2, -0.15) is 0 Å². The molecule has 0 spiro atoms. The average molecular weight is 481 g/mol. The van der Waals surface area contributed by atoms with Gasteiger partial charge in [-0.05, 0) is 80.5 Å². The number of halogens is 1. The first-order valence-corrected chi connectivity index (χ1v) is 13.3. The zero-order valence-electron chi connectivity index (χ0n) is 19.1. The number of nitrogens with one attached hydrogen (secondary N) is 1. The minimum absolute atomic E-state index is 0.0741. The first kappa shape index (κ1) is 21.5. The lowest BCUT2D eigenvalue weighted by molar-refractivity contribution is 0.0710. The van der Waals surface area contributed by atoms with Gasteiger partial charge in [0.05, 0.1) is 5.69 Å². The van der Waals surface area contributed by atoms with E-state index in [1.165, 1.54) is 12.8 Å². The van der Waals surface area contributed by atoms with Gasteiger partial charge in [-0.15, -0.1) is 11.3 Å². The molecule has 1 aromatic carbocycles. The normalized spacial score (nSPS) is 28.6. The molecule has 0 radical (unpaired) electrons. The maximum Gasteiger partial charge on any atom is 0.253 e. The molecule has 5 nitrogen and oxygen atoms in total. The number of aromatic nitrogens is 2. The molecule has 2 aromatic heterocycles. The van der Waals surface area contributed by atoms with Gasteiger partial charge in [0, 0.05) is 47.1 Å². The molecule has 2 bridgehead atoms. The Bertz CT molecular complexity index is 1230. The van der Waals surface area contributed by atoms with E-state index in [2.05, 4.69) is 27.8 Å². The Balaban J connectivity index is 1.19. The minimum Gasteiger partial charge on any atom is -0.339 e. The molecule has 6 rings (SSSR count). The summed E-state index contributed by atoms with van der Waals surface area (Å²) in [5, 5.41) is 7.65. The fourth-order valence-electron chi connectivity index (χ4n) is 5.95. The number of hydrogen-bond acceptors (Lipinski definition) is 5. The van der Waals surface area contributed by atoms with Gasteiger partial charge in [-0.1, -0.05) is 17.7 Å². The molecule has 172 valence electrons. The van der Waals surface area contributed by atoms with E-state index in [0.29, 0.717) is 40.5 Å². The van der Waals surface area contributed by atoms with Crippen LogP contribution in [0.2, 0.25) is 5.02 Å². The summed E-state index contributed by atoms with van der Waals surface area (Å²) in [6.07, 6.45) is 6.81. The van der Waals surface area contributed by atoms with Gasteiger partial charge in [-0.3, -0.25) is 4.79 Å². The Hall–Kier alpha value is -2.02. The second-order valence-corrected chi connectivity index (χ2v) is 11.3. The van der Waals surface area contributed by atoms with E-state index in [9.17, 15) is 4.79 Å². The zero-order valence-corrected chi connectivity index (χ0v) is 20.6. The number of fused-ring (bicyclic) bond motifs is 3. The van der Waals surface area contributed by atoms with Crippen molar-refractivity contribution in [3.8, 4) is 0 Å². The predicted molar refractivity (Wildman–Crippen MR) is 133 cm³/mol. The fourth-order valence-corrected chi connectivity index (χ4v) is 7.09. The van der Waals surface area contributed by atoms with Crippen LogP contribution in [0.4, 0.5) is 0 Å². The molecule has 2 aliphatic heterocycles. The first-order chi connectivity index (χ1) is 16.0. The molecule has 33 heavy (non-hydrogen) atoms. The molecule has 4 heterocycles. The van der Waals surface area contributed by atoms with Crippen LogP contribution in [0.3, 0.4) is 0 Å². The van der Waals surface area contributed by atoms with Crippen molar-refractivity contribution in [1.82, 2.24) is 20.2 Å². The van der Waals surface area contributed by atoms with Gasteiger partial charge in [0.2, 0.25) is 0 Å². The lowest BCUT2D eigenvalue weighted by Gasteiger charge is -2.29. The van der Waals surface area contributed by atoms with Crippen LogP contribution in [0, 0.1) is 6.92 Å². The number of nitrogens with zero attached hydrogens (tertiary/aromatic N) is 3. The van der Waals surface area contributed by atoms with Crippen LogP contribution in [0.15, 0.2) is 29.6 Å². The Morgan fingerprint density at radius 3 is 2.76 bits per heavy atom. The van der Waals surface area contributed by atoms with E-state index in [4.69, 9.17) is 16.6 Å². The molecule has 2 saturated heterocycles. The monoisotopic (exact) mass is 480 g/mol.